The normalized spacial score (nSPS) is 13.7. The first-order chi connectivity index (χ1) is 8.50. The summed E-state index contributed by atoms with van der Waals surface area (Å²) in [5.74, 6) is -1.57. The topological polar surface area (TPSA) is 59.0 Å². The van der Waals surface area contributed by atoms with Gasteiger partial charge in [0.15, 0.2) is 11.6 Å². The van der Waals surface area contributed by atoms with Crippen molar-refractivity contribution in [3.63, 3.8) is 0 Å². The van der Waals surface area contributed by atoms with Crippen LogP contribution in [0.25, 0.3) is 0 Å². The van der Waals surface area contributed by atoms with E-state index in [4.69, 9.17) is 15.7 Å². The molecule has 0 heterocycles. The van der Waals surface area contributed by atoms with Crippen molar-refractivity contribution in [1.82, 2.24) is 0 Å². The SMILES string of the molecule is CCC(N)(C#N)CCCOc1ccc(F)c(F)c1. The summed E-state index contributed by atoms with van der Waals surface area (Å²) in [7, 11) is 0. The summed E-state index contributed by atoms with van der Waals surface area (Å²) in [6, 6.07) is 5.42. The molecule has 1 aromatic carbocycles. The number of rotatable bonds is 6. The highest BCUT2D eigenvalue weighted by molar-refractivity contribution is 5.23. The zero-order valence-electron chi connectivity index (χ0n) is 10.2. The standard InChI is InChI=1S/C13H16F2N2O/c1-2-13(17,9-16)6-3-7-18-10-4-5-11(14)12(15)8-10/h4-5,8H,2-3,6-7,17H2,1H3. The minimum absolute atomic E-state index is 0.268. The molecule has 1 atom stereocenters. The summed E-state index contributed by atoms with van der Waals surface area (Å²) in [5, 5.41) is 8.86. The van der Waals surface area contributed by atoms with E-state index in [2.05, 4.69) is 6.07 Å². The third kappa shape index (κ3) is 3.97. The van der Waals surface area contributed by atoms with E-state index in [9.17, 15) is 8.78 Å². The molecule has 1 rings (SSSR count). The number of halogens is 2. The van der Waals surface area contributed by atoms with Crippen LogP contribution in [-0.2, 0) is 0 Å². The maximum atomic E-state index is 12.9. The molecule has 3 nitrogen and oxygen atoms in total. The van der Waals surface area contributed by atoms with Crippen molar-refractivity contribution in [1.29, 1.82) is 5.26 Å². The van der Waals surface area contributed by atoms with Crippen LogP contribution in [0.3, 0.4) is 0 Å². The van der Waals surface area contributed by atoms with Crippen LogP contribution >= 0.6 is 0 Å². The number of benzene rings is 1. The number of nitrogens with two attached hydrogens (primary N) is 1. The van der Waals surface area contributed by atoms with Gasteiger partial charge in [0, 0.05) is 6.07 Å². The van der Waals surface area contributed by atoms with Gasteiger partial charge in [-0.05, 0) is 31.4 Å². The monoisotopic (exact) mass is 254 g/mol. The molecule has 0 saturated carbocycles. The fourth-order valence-electron chi connectivity index (χ4n) is 1.46. The molecule has 18 heavy (non-hydrogen) atoms. The smallest absolute Gasteiger partial charge is 0.162 e. The lowest BCUT2D eigenvalue weighted by molar-refractivity contribution is 0.289. The van der Waals surface area contributed by atoms with E-state index < -0.39 is 17.2 Å². The number of hydrogen-bond donors (Lipinski definition) is 1. The fourth-order valence-corrected chi connectivity index (χ4v) is 1.46. The van der Waals surface area contributed by atoms with Gasteiger partial charge in [0.1, 0.15) is 11.3 Å². The van der Waals surface area contributed by atoms with Crippen molar-refractivity contribution in [3.8, 4) is 11.8 Å². The van der Waals surface area contributed by atoms with Gasteiger partial charge in [-0.1, -0.05) is 6.92 Å². The van der Waals surface area contributed by atoms with Crippen molar-refractivity contribution in [2.45, 2.75) is 31.7 Å². The van der Waals surface area contributed by atoms with E-state index in [1.807, 2.05) is 6.92 Å². The first-order valence-corrected chi connectivity index (χ1v) is 5.79. The number of ether oxygens (including phenoxy) is 1. The lowest BCUT2D eigenvalue weighted by Crippen LogP contribution is -2.37. The Morgan fingerprint density at radius 2 is 2.11 bits per heavy atom. The first kappa shape index (κ1) is 14.4. The maximum Gasteiger partial charge on any atom is 0.162 e. The predicted octanol–water partition coefficient (Wildman–Crippen LogP) is 2.75. The lowest BCUT2D eigenvalue weighted by Gasteiger charge is -2.18. The van der Waals surface area contributed by atoms with Crippen molar-refractivity contribution in [3.05, 3.63) is 29.8 Å². The molecular formula is C13H16F2N2O. The minimum atomic E-state index is -0.939. The Hall–Kier alpha value is -1.67. The molecule has 0 aromatic heterocycles. The number of nitriles is 1. The van der Waals surface area contributed by atoms with Crippen LogP contribution in [0.1, 0.15) is 26.2 Å². The van der Waals surface area contributed by atoms with E-state index in [0.717, 1.165) is 12.1 Å². The molecule has 0 spiro atoms. The third-order valence-corrected chi connectivity index (χ3v) is 2.78. The van der Waals surface area contributed by atoms with Crippen LogP contribution in [0.4, 0.5) is 8.78 Å². The van der Waals surface area contributed by atoms with Crippen molar-refractivity contribution >= 4 is 0 Å². The van der Waals surface area contributed by atoms with Crippen LogP contribution in [-0.4, -0.2) is 12.1 Å². The summed E-state index contributed by atoms with van der Waals surface area (Å²) in [4.78, 5) is 0. The Labute approximate surface area is 105 Å². The quantitative estimate of drug-likeness (QED) is 0.794. The van der Waals surface area contributed by atoms with Crippen LogP contribution in [0, 0.1) is 23.0 Å². The summed E-state index contributed by atoms with van der Waals surface area (Å²) < 4.78 is 30.8. The molecule has 98 valence electrons. The molecule has 0 fully saturated rings. The van der Waals surface area contributed by atoms with Gasteiger partial charge in [0.2, 0.25) is 0 Å². The van der Waals surface area contributed by atoms with E-state index >= 15 is 0 Å². The zero-order valence-corrected chi connectivity index (χ0v) is 10.2. The third-order valence-electron chi connectivity index (χ3n) is 2.78. The van der Waals surface area contributed by atoms with Crippen molar-refractivity contribution in [2.24, 2.45) is 5.73 Å². The first-order valence-electron chi connectivity index (χ1n) is 5.79. The van der Waals surface area contributed by atoms with Gasteiger partial charge < -0.3 is 10.5 Å². The van der Waals surface area contributed by atoms with Crippen molar-refractivity contribution in [2.75, 3.05) is 6.61 Å². The van der Waals surface area contributed by atoms with Gasteiger partial charge in [0.05, 0.1) is 12.7 Å². The van der Waals surface area contributed by atoms with E-state index in [1.54, 1.807) is 0 Å². The van der Waals surface area contributed by atoms with Gasteiger partial charge in [-0.2, -0.15) is 5.26 Å². The van der Waals surface area contributed by atoms with Gasteiger partial charge in [0.25, 0.3) is 0 Å². The maximum absolute atomic E-state index is 12.9. The van der Waals surface area contributed by atoms with Crippen LogP contribution in [0.5, 0.6) is 5.75 Å². The zero-order chi connectivity index (χ0) is 13.6. The van der Waals surface area contributed by atoms with Crippen molar-refractivity contribution < 1.29 is 13.5 Å². The van der Waals surface area contributed by atoms with Crippen LogP contribution < -0.4 is 10.5 Å². The Morgan fingerprint density at radius 3 is 2.67 bits per heavy atom. The molecule has 0 aliphatic rings. The van der Waals surface area contributed by atoms with Gasteiger partial charge in [-0.3, -0.25) is 0 Å². The Morgan fingerprint density at radius 1 is 1.39 bits per heavy atom. The summed E-state index contributed by atoms with van der Waals surface area (Å²) >= 11 is 0. The Balaban J connectivity index is 2.39. The Bertz CT molecular complexity index is 445. The predicted molar refractivity (Wildman–Crippen MR) is 63.9 cm³/mol. The van der Waals surface area contributed by atoms with Gasteiger partial charge in [-0.15, -0.1) is 0 Å². The van der Waals surface area contributed by atoms with E-state index in [0.29, 0.717) is 25.9 Å². The molecule has 1 aromatic rings. The molecule has 0 amide bonds. The molecule has 0 saturated heterocycles. The average Bonchev–Trinajstić information content (AvgIpc) is 2.38. The molecule has 0 aliphatic heterocycles. The number of hydrogen-bond acceptors (Lipinski definition) is 3. The Kier molecular flexibility index (Phi) is 5.05. The largest absolute Gasteiger partial charge is 0.493 e. The van der Waals surface area contributed by atoms with Gasteiger partial charge in [-0.25, -0.2) is 8.78 Å². The second-order valence-electron chi connectivity index (χ2n) is 4.15. The molecule has 1 unspecified atom stereocenters. The highest BCUT2D eigenvalue weighted by atomic mass is 19.2. The average molecular weight is 254 g/mol. The molecule has 0 aliphatic carbocycles. The van der Waals surface area contributed by atoms with E-state index in [-0.39, 0.29) is 5.75 Å². The second kappa shape index (κ2) is 6.31. The molecular weight excluding hydrogens is 238 g/mol. The summed E-state index contributed by atoms with van der Waals surface area (Å²) in [6.45, 7) is 2.16. The number of nitrogens with zero attached hydrogens (tertiary/aromatic N) is 1. The highest BCUT2D eigenvalue weighted by Gasteiger charge is 2.21. The summed E-state index contributed by atoms with van der Waals surface area (Å²) in [6.07, 6.45) is 1.65. The van der Waals surface area contributed by atoms with Gasteiger partial charge >= 0.3 is 0 Å². The van der Waals surface area contributed by atoms with Crippen LogP contribution in [0.2, 0.25) is 0 Å². The molecule has 0 radical (unpaired) electrons. The highest BCUT2D eigenvalue weighted by Crippen LogP contribution is 2.17. The summed E-state index contributed by atoms with van der Waals surface area (Å²) in [5.41, 5.74) is 4.96. The molecule has 0 bridgehead atoms. The van der Waals surface area contributed by atoms with Crippen LogP contribution in [0.15, 0.2) is 18.2 Å². The second-order valence-corrected chi connectivity index (χ2v) is 4.15. The molecule has 2 N–H and O–H groups in total. The fraction of sp³-hybridized carbons (Fsp3) is 0.462. The minimum Gasteiger partial charge on any atom is -0.493 e. The van der Waals surface area contributed by atoms with E-state index in [1.165, 1.54) is 6.07 Å². The lowest BCUT2D eigenvalue weighted by atomic mass is 9.94. The molecule has 5 heteroatoms.